The molecule has 32 heavy (non-hydrogen) atoms. The van der Waals surface area contributed by atoms with E-state index in [4.69, 9.17) is 9.72 Å². The lowest BCUT2D eigenvalue weighted by atomic mass is 9.86. The molecule has 0 saturated heterocycles. The number of hydrogen-bond acceptors (Lipinski definition) is 5. The zero-order valence-electron chi connectivity index (χ0n) is 18.5. The molecule has 168 valence electrons. The van der Waals surface area contributed by atoms with Crippen LogP contribution in [0.1, 0.15) is 39.5 Å². The zero-order valence-corrected chi connectivity index (χ0v) is 19.4. The highest BCUT2D eigenvalue weighted by molar-refractivity contribution is 7.99. The van der Waals surface area contributed by atoms with Crippen molar-refractivity contribution in [3.05, 3.63) is 58.9 Å². The van der Waals surface area contributed by atoms with Gasteiger partial charge >= 0.3 is 0 Å². The minimum Gasteiger partial charge on any atom is -0.494 e. The summed E-state index contributed by atoms with van der Waals surface area (Å²) < 4.78 is 7.11. The van der Waals surface area contributed by atoms with Crippen LogP contribution in [-0.4, -0.2) is 33.9 Å². The third-order valence-electron chi connectivity index (χ3n) is 5.94. The van der Waals surface area contributed by atoms with Crippen LogP contribution in [0, 0.1) is 5.92 Å². The summed E-state index contributed by atoms with van der Waals surface area (Å²) in [7, 11) is 0. The van der Waals surface area contributed by atoms with Crippen LogP contribution in [0.5, 0.6) is 5.75 Å². The van der Waals surface area contributed by atoms with Crippen LogP contribution in [0.15, 0.2) is 58.5 Å². The number of benzene rings is 2. The van der Waals surface area contributed by atoms with Gasteiger partial charge in [0.15, 0.2) is 5.16 Å². The van der Waals surface area contributed by atoms with E-state index in [-0.39, 0.29) is 23.3 Å². The Kier molecular flexibility index (Phi) is 7.15. The fourth-order valence-corrected chi connectivity index (χ4v) is 5.03. The van der Waals surface area contributed by atoms with Gasteiger partial charge < -0.3 is 10.1 Å². The number of ether oxygens (including phenoxy) is 1. The number of thioether (sulfide) groups is 1. The van der Waals surface area contributed by atoms with E-state index in [9.17, 15) is 9.59 Å². The molecular formula is C25H29N3O3S. The molecule has 2 atom stereocenters. The number of carbonyl (C=O) groups is 1. The highest BCUT2D eigenvalue weighted by Crippen LogP contribution is 2.25. The van der Waals surface area contributed by atoms with E-state index in [0.717, 1.165) is 25.0 Å². The first-order valence-electron chi connectivity index (χ1n) is 11.2. The number of fused-ring (bicyclic) bond motifs is 1. The van der Waals surface area contributed by atoms with Crippen LogP contribution >= 0.6 is 11.8 Å². The van der Waals surface area contributed by atoms with E-state index in [1.54, 1.807) is 10.6 Å². The average molecular weight is 452 g/mol. The van der Waals surface area contributed by atoms with Crippen molar-refractivity contribution in [2.75, 3.05) is 12.4 Å². The van der Waals surface area contributed by atoms with Gasteiger partial charge in [0, 0.05) is 6.04 Å². The van der Waals surface area contributed by atoms with Crippen molar-refractivity contribution in [3.8, 4) is 11.4 Å². The van der Waals surface area contributed by atoms with Gasteiger partial charge in [0.1, 0.15) is 5.75 Å². The maximum atomic E-state index is 13.3. The first-order valence-corrected chi connectivity index (χ1v) is 12.2. The minimum atomic E-state index is -0.149. The molecule has 1 saturated carbocycles. The summed E-state index contributed by atoms with van der Waals surface area (Å²) >= 11 is 1.29. The van der Waals surface area contributed by atoms with Crippen LogP contribution in [0.2, 0.25) is 0 Å². The van der Waals surface area contributed by atoms with Crippen molar-refractivity contribution in [3.63, 3.8) is 0 Å². The van der Waals surface area contributed by atoms with E-state index in [2.05, 4.69) is 12.2 Å². The molecule has 1 fully saturated rings. The average Bonchev–Trinajstić information content (AvgIpc) is 2.80. The first kappa shape index (κ1) is 22.4. The molecule has 0 aliphatic heterocycles. The predicted molar refractivity (Wildman–Crippen MR) is 129 cm³/mol. The standard InChI is InChI=1S/C25H29N3O3S/c1-3-31-19-14-12-18(13-15-19)28-24(30)20-9-5-7-11-22(20)27-25(28)32-16-23(29)26-21-10-6-4-8-17(21)2/h5,7,9,11-15,17,21H,3-4,6,8,10,16H2,1-2H3,(H,26,29)/t17-,21-/m1/s1. The lowest BCUT2D eigenvalue weighted by molar-refractivity contribution is -0.119. The number of aromatic nitrogens is 2. The van der Waals surface area contributed by atoms with E-state index in [0.29, 0.717) is 34.3 Å². The highest BCUT2D eigenvalue weighted by Gasteiger charge is 2.23. The molecule has 0 spiro atoms. The topological polar surface area (TPSA) is 73.2 Å². The number of rotatable bonds is 7. The Morgan fingerprint density at radius 2 is 1.91 bits per heavy atom. The smallest absolute Gasteiger partial charge is 0.266 e. The summed E-state index contributed by atoms with van der Waals surface area (Å²) in [6, 6.07) is 14.9. The van der Waals surface area contributed by atoms with E-state index in [1.165, 1.54) is 18.2 Å². The van der Waals surface area contributed by atoms with E-state index in [1.807, 2.05) is 49.4 Å². The molecule has 0 unspecified atom stereocenters. The van der Waals surface area contributed by atoms with Crippen LogP contribution in [-0.2, 0) is 4.79 Å². The van der Waals surface area contributed by atoms with Gasteiger partial charge in [-0.1, -0.05) is 43.7 Å². The number of nitrogens with one attached hydrogen (secondary N) is 1. The largest absolute Gasteiger partial charge is 0.494 e. The summed E-state index contributed by atoms with van der Waals surface area (Å²) in [5, 5.41) is 4.23. The Morgan fingerprint density at radius 3 is 2.66 bits per heavy atom. The van der Waals surface area contributed by atoms with Gasteiger partial charge in [0.05, 0.1) is 29.0 Å². The molecule has 1 amide bonds. The first-order chi connectivity index (χ1) is 15.6. The maximum absolute atomic E-state index is 13.3. The zero-order chi connectivity index (χ0) is 22.5. The van der Waals surface area contributed by atoms with Crippen molar-refractivity contribution in [2.45, 2.75) is 50.7 Å². The van der Waals surface area contributed by atoms with E-state index < -0.39 is 0 Å². The van der Waals surface area contributed by atoms with Gasteiger partial charge in [-0.25, -0.2) is 4.98 Å². The molecule has 6 nitrogen and oxygen atoms in total. The third kappa shape index (κ3) is 4.99. The molecule has 2 aromatic carbocycles. The summed E-state index contributed by atoms with van der Waals surface area (Å²) in [5.41, 5.74) is 1.17. The third-order valence-corrected chi connectivity index (χ3v) is 6.88. The minimum absolute atomic E-state index is 0.0191. The summed E-state index contributed by atoms with van der Waals surface area (Å²) in [5.74, 6) is 1.44. The van der Waals surface area contributed by atoms with Crippen molar-refractivity contribution in [1.29, 1.82) is 0 Å². The SMILES string of the molecule is CCOc1ccc(-n2c(SCC(=O)N[C@@H]3CCCC[C@H]3C)nc3ccccc3c2=O)cc1. The molecule has 1 aliphatic rings. The molecule has 0 bridgehead atoms. The predicted octanol–water partition coefficient (Wildman–Crippen LogP) is 4.57. The summed E-state index contributed by atoms with van der Waals surface area (Å²) in [6.07, 6.45) is 4.58. The second kappa shape index (κ2) is 10.2. The van der Waals surface area contributed by atoms with Crippen LogP contribution in [0.25, 0.3) is 16.6 Å². The Labute approximate surface area is 192 Å². The van der Waals surface area contributed by atoms with Gasteiger partial charge in [-0.2, -0.15) is 0 Å². The van der Waals surface area contributed by atoms with Crippen molar-refractivity contribution >= 4 is 28.6 Å². The summed E-state index contributed by atoms with van der Waals surface area (Å²) in [6.45, 7) is 4.71. The normalized spacial score (nSPS) is 18.4. The molecule has 1 heterocycles. The molecule has 4 rings (SSSR count). The van der Waals surface area contributed by atoms with Crippen LogP contribution < -0.4 is 15.6 Å². The van der Waals surface area contributed by atoms with Gasteiger partial charge in [-0.15, -0.1) is 0 Å². The molecule has 0 radical (unpaired) electrons. The highest BCUT2D eigenvalue weighted by atomic mass is 32.2. The summed E-state index contributed by atoms with van der Waals surface area (Å²) in [4.78, 5) is 30.7. The van der Waals surface area contributed by atoms with Crippen LogP contribution in [0.4, 0.5) is 0 Å². The Hall–Kier alpha value is -2.80. The molecule has 1 aliphatic carbocycles. The second-order valence-corrected chi connectivity index (χ2v) is 9.15. The Bertz CT molecular complexity index is 1140. The van der Waals surface area contributed by atoms with Gasteiger partial charge in [0.2, 0.25) is 5.91 Å². The Morgan fingerprint density at radius 1 is 1.16 bits per heavy atom. The molecular weight excluding hydrogens is 422 g/mol. The van der Waals surface area contributed by atoms with Crippen molar-refractivity contribution in [1.82, 2.24) is 14.9 Å². The quantitative estimate of drug-likeness (QED) is 0.421. The van der Waals surface area contributed by atoms with Crippen molar-refractivity contribution in [2.24, 2.45) is 5.92 Å². The van der Waals surface area contributed by atoms with Crippen molar-refractivity contribution < 1.29 is 9.53 Å². The number of amides is 1. The van der Waals surface area contributed by atoms with Gasteiger partial charge in [0.25, 0.3) is 5.56 Å². The van der Waals surface area contributed by atoms with Crippen LogP contribution in [0.3, 0.4) is 0 Å². The number of carbonyl (C=O) groups excluding carboxylic acids is 1. The second-order valence-electron chi connectivity index (χ2n) is 8.20. The molecule has 1 aromatic heterocycles. The lowest BCUT2D eigenvalue weighted by Gasteiger charge is -2.29. The fourth-order valence-electron chi connectivity index (χ4n) is 4.20. The van der Waals surface area contributed by atoms with Gasteiger partial charge in [-0.3, -0.25) is 14.2 Å². The monoisotopic (exact) mass is 451 g/mol. The molecule has 7 heteroatoms. The van der Waals surface area contributed by atoms with E-state index >= 15 is 0 Å². The number of para-hydroxylation sites is 1. The number of nitrogens with zero attached hydrogens (tertiary/aromatic N) is 2. The number of hydrogen-bond donors (Lipinski definition) is 1. The lowest BCUT2D eigenvalue weighted by Crippen LogP contribution is -2.41. The maximum Gasteiger partial charge on any atom is 0.266 e. The van der Waals surface area contributed by atoms with Gasteiger partial charge in [-0.05, 0) is 62.1 Å². The fraction of sp³-hybridized carbons (Fsp3) is 0.400. The molecule has 3 aromatic rings. The molecule has 1 N–H and O–H groups in total. The Balaban J connectivity index is 1.61.